The highest BCUT2D eigenvalue weighted by Gasteiger charge is 2.22. The Hall–Kier alpha value is -2.64. The van der Waals surface area contributed by atoms with Crippen molar-refractivity contribution in [3.05, 3.63) is 70.4 Å². The third-order valence-corrected chi connectivity index (χ3v) is 5.83. The van der Waals surface area contributed by atoms with Crippen molar-refractivity contribution in [1.29, 1.82) is 0 Å². The van der Waals surface area contributed by atoms with E-state index >= 15 is 0 Å². The van der Waals surface area contributed by atoms with Gasteiger partial charge >= 0.3 is 0 Å². The van der Waals surface area contributed by atoms with Crippen molar-refractivity contribution in [3.63, 3.8) is 0 Å². The molecule has 0 radical (unpaired) electrons. The fraction of sp³-hybridized carbons (Fsp3) is 0.238. The number of nitrogens with one attached hydrogen (secondary N) is 1. The Balaban J connectivity index is 1.30. The molecule has 3 aromatic rings. The molecule has 150 valence electrons. The van der Waals surface area contributed by atoms with Crippen molar-refractivity contribution in [2.45, 2.75) is 6.42 Å². The zero-order chi connectivity index (χ0) is 20.2. The maximum atomic E-state index is 13.1. The molecule has 5 nitrogen and oxygen atoms in total. The number of hydrogen-bond acceptors (Lipinski definition) is 5. The molecule has 0 spiro atoms. The first-order chi connectivity index (χ1) is 14.1. The Labute approximate surface area is 177 Å². The van der Waals surface area contributed by atoms with Crippen molar-refractivity contribution in [3.8, 4) is 0 Å². The molecule has 0 aliphatic carbocycles. The van der Waals surface area contributed by atoms with E-state index in [1.54, 1.807) is 12.1 Å². The first kappa shape index (κ1) is 19.7. The number of amides is 1. The third-order valence-electron chi connectivity index (χ3n) is 4.78. The molecule has 1 aliphatic rings. The number of carbonyl (C=O) groups is 1. The van der Waals surface area contributed by atoms with Crippen molar-refractivity contribution in [1.82, 2.24) is 9.88 Å². The lowest BCUT2D eigenvalue weighted by Crippen LogP contribution is -2.49. The number of anilines is 3. The van der Waals surface area contributed by atoms with Gasteiger partial charge in [-0.1, -0.05) is 17.7 Å². The topological polar surface area (TPSA) is 48.5 Å². The lowest BCUT2D eigenvalue weighted by Gasteiger charge is -2.36. The largest absolute Gasteiger partial charge is 0.368 e. The van der Waals surface area contributed by atoms with Gasteiger partial charge in [0.25, 0.3) is 0 Å². The number of hydrogen-bond donors (Lipinski definition) is 1. The maximum absolute atomic E-state index is 13.1. The molecule has 0 unspecified atom stereocenters. The second-order valence-electron chi connectivity index (χ2n) is 6.80. The van der Waals surface area contributed by atoms with E-state index in [9.17, 15) is 9.18 Å². The Kier molecular flexibility index (Phi) is 5.97. The van der Waals surface area contributed by atoms with Gasteiger partial charge in [-0.2, -0.15) is 0 Å². The number of benzene rings is 2. The lowest BCUT2D eigenvalue weighted by atomic mass is 10.2. The molecule has 4 rings (SSSR count). The van der Waals surface area contributed by atoms with E-state index in [0.29, 0.717) is 18.1 Å². The first-order valence-electron chi connectivity index (χ1n) is 9.32. The van der Waals surface area contributed by atoms with Crippen molar-refractivity contribution in [2.75, 3.05) is 36.4 Å². The Bertz CT molecular complexity index is 986. The fourth-order valence-electron chi connectivity index (χ4n) is 3.27. The van der Waals surface area contributed by atoms with Crippen molar-refractivity contribution >= 4 is 45.4 Å². The predicted octanol–water partition coefficient (Wildman–Crippen LogP) is 4.57. The van der Waals surface area contributed by atoms with Gasteiger partial charge in [0.2, 0.25) is 5.91 Å². The van der Waals surface area contributed by atoms with Crippen LogP contribution in [-0.4, -0.2) is 42.0 Å². The average Bonchev–Trinajstić information content (AvgIpc) is 3.15. The SMILES string of the molecule is O=C(Cc1csc(Nc2cccc(Cl)c2)n1)N1CCN(c2ccc(F)cc2)CC1. The smallest absolute Gasteiger partial charge is 0.228 e. The van der Waals surface area contributed by atoms with E-state index in [1.807, 2.05) is 34.5 Å². The van der Waals surface area contributed by atoms with Gasteiger partial charge in [-0.05, 0) is 42.5 Å². The average molecular weight is 431 g/mol. The van der Waals surface area contributed by atoms with Crippen molar-refractivity contribution in [2.24, 2.45) is 0 Å². The molecule has 0 bridgehead atoms. The van der Waals surface area contributed by atoms with Crippen LogP contribution >= 0.6 is 22.9 Å². The van der Waals surface area contributed by atoms with Crippen LogP contribution < -0.4 is 10.2 Å². The molecular weight excluding hydrogens is 411 g/mol. The summed E-state index contributed by atoms with van der Waals surface area (Å²) in [5, 5.41) is 6.50. The van der Waals surface area contributed by atoms with Gasteiger partial charge in [-0.15, -0.1) is 11.3 Å². The van der Waals surface area contributed by atoms with Crippen LogP contribution in [0.15, 0.2) is 53.9 Å². The normalized spacial score (nSPS) is 14.1. The van der Waals surface area contributed by atoms with Gasteiger partial charge in [0, 0.05) is 48.0 Å². The zero-order valence-electron chi connectivity index (χ0n) is 15.6. The summed E-state index contributed by atoms with van der Waals surface area (Å²) in [6, 6.07) is 13.9. The minimum Gasteiger partial charge on any atom is -0.368 e. The molecule has 1 amide bonds. The quantitative estimate of drug-likeness (QED) is 0.644. The minimum atomic E-state index is -0.241. The number of nitrogens with zero attached hydrogens (tertiary/aromatic N) is 3. The zero-order valence-corrected chi connectivity index (χ0v) is 17.2. The molecule has 1 N–H and O–H groups in total. The van der Waals surface area contributed by atoms with Gasteiger partial charge < -0.3 is 15.1 Å². The van der Waals surface area contributed by atoms with Gasteiger partial charge in [0.15, 0.2) is 5.13 Å². The summed E-state index contributed by atoms with van der Waals surface area (Å²) in [4.78, 5) is 21.2. The molecule has 1 aliphatic heterocycles. The van der Waals surface area contributed by atoms with Crippen LogP contribution in [0.2, 0.25) is 5.02 Å². The Morgan fingerprint density at radius 2 is 1.90 bits per heavy atom. The molecule has 2 heterocycles. The maximum Gasteiger partial charge on any atom is 0.228 e. The number of rotatable bonds is 5. The second kappa shape index (κ2) is 8.80. The Morgan fingerprint density at radius 1 is 1.14 bits per heavy atom. The van der Waals surface area contributed by atoms with E-state index in [4.69, 9.17) is 11.6 Å². The van der Waals surface area contributed by atoms with Crippen LogP contribution in [0.4, 0.5) is 20.9 Å². The third kappa shape index (κ3) is 5.05. The second-order valence-corrected chi connectivity index (χ2v) is 8.09. The summed E-state index contributed by atoms with van der Waals surface area (Å²) >= 11 is 7.46. The minimum absolute atomic E-state index is 0.0726. The number of halogens is 2. The van der Waals surface area contributed by atoms with E-state index < -0.39 is 0 Å². The van der Waals surface area contributed by atoms with E-state index in [-0.39, 0.29) is 18.1 Å². The van der Waals surface area contributed by atoms with Gasteiger partial charge in [0.05, 0.1) is 12.1 Å². The summed E-state index contributed by atoms with van der Waals surface area (Å²) in [5.41, 5.74) is 2.60. The van der Waals surface area contributed by atoms with E-state index in [1.165, 1.54) is 23.5 Å². The van der Waals surface area contributed by atoms with E-state index in [0.717, 1.165) is 35.3 Å². The monoisotopic (exact) mass is 430 g/mol. The predicted molar refractivity (Wildman–Crippen MR) is 116 cm³/mol. The molecule has 8 heteroatoms. The molecule has 29 heavy (non-hydrogen) atoms. The highest BCUT2D eigenvalue weighted by Crippen LogP contribution is 2.24. The van der Waals surface area contributed by atoms with Crippen LogP contribution in [0.3, 0.4) is 0 Å². The van der Waals surface area contributed by atoms with Crippen LogP contribution in [-0.2, 0) is 11.2 Å². The molecule has 2 aromatic carbocycles. The lowest BCUT2D eigenvalue weighted by molar-refractivity contribution is -0.130. The Morgan fingerprint density at radius 3 is 2.62 bits per heavy atom. The standard InChI is InChI=1S/C21H20ClFN4OS/c22-15-2-1-3-17(12-15)24-21-25-18(14-29-21)13-20(28)27-10-8-26(9-11-27)19-6-4-16(23)5-7-19/h1-7,12,14H,8-11,13H2,(H,24,25). The van der Waals surface area contributed by atoms with Crippen LogP contribution in [0.1, 0.15) is 5.69 Å². The summed E-state index contributed by atoms with van der Waals surface area (Å²) in [6.07, 6.45) is 0.282. The van der Waals surface area contributed by atoms with E-state index in [2.05, 4.69) is 15.2 Å². The van der Waals surface area contributed by atoms with Crippen LogP contribution in [0, 0.1) is 5.82 Å². The molecule has 1 saturated heterocycles. The highest BCUT2D eigenvalue weighted by molar-refractivity contribution is 7.13. The van der Waals surface area contributed by atoms with Gasteiger partial charge in [0.1, 0.15) is 5.82 Å². The fourth-order valence-corrected chi connectivity index (χ4v) is 4.19. The van der Waals surface area contributed by atoms with Gasteiger partial charge in [-0.3, -0.25) is 4.79 Å². The number of aromatic nitrogens is 1. The summed E-state index contributed by atoms with van der Waals surface area (Å²) in [6.45, 7) is 2.76. The summed E-state index contributed by atoms with van der Waals surface area (Å²) < 4.78 is 13.1. The van der Waals surface area contributed by atoms with Gasteiger partial charge in [-0.25, -0.2) is 9.37 Å². The summed E-state index contributed by atoms with van der Waals surface area (Å²) in [5.74, 6) is -0.168. The number of piperazine rings is 1. The van der Waals surface area contributed by atoms with Crippen molar-refractivity contribution < 1.29 is 9.18 Å². The number of carbonyl (C=O) groups excluding carboxylic acids is 1. The molecular formula is C21H20ClFN4OS. The molecule has 1 aromatic heterocycles. The molecule has 0 atom stereocenters. The summed E-state index contributed by atoms with van der Waals surface area (Å²) in [7, 11) is 0. The number of thiazole rings is 1. The van der Waals surface area contributed by atoms with Crippen LogP contribution in [0.25, 0.3) is 0 Å². The molecule has 0 saturated carbocycles. The van der Waals surface area contributed by atoms with Crippen LogP contribution in [0.5, 0.6) is 0 Å². The first-order valence-corrected chi connectivity index (χ1v) is 10.6. The highest BCUT2D eigenvalue weighted by atomic mass is 35.5. The molecule has 1 fully saturated rings.